The van der Waals surface area contributed by atoms with Gasteiger partial charge in [-0.3, -0.25) is 4.79 Å². The Labute approximate surface area is 173 Å². The Morgan fingerprint density at radius 1 is 1.21 bits per heavy atom. The maximum atomic E-state index is 14.8. The van der Waals surface area contributed by atoms with Gasteiger partial charge in [0.1, 0.15) is 11.5 Å². The average molecular weight is 426 g/mol. The van der Waals surface area contributed by atoms with Crippen molar-refractivity contribution in [2.45, 2.75) is 57.9 Å². The van der Waals surface area contributed by atoms with Gasteiger partial charge in [-0.15, -0.1) is 0 Å². The lowest BCUT2D eigenvalue weighted by molar-refractivity contribution is -0.130. The summed E-state index contributed by atoms with van der Waals surface area (Å²) in [5, 5.41) is 4.89. The second kappa shape index (κ2) is 7.43. The first kappa shape index (κ1) is 19.9. The van der Waals surface area contributed by atoms with Crippen molar-refractivity contribution in [1.29, 1.82) is 0 Å². The van der Waals surface area contributed by atoms with E-state index in [1.807, 2.05) is 0 Å². The molecule has 4 nitrogen and oxygen atoms in total. The smallest absolute Gasteiger partial charge is 0.179 e. The Morgan fingerprint density at radius 3 is 2.39 bits per heavy atom. The summed E-state index contributed by atoms with van der Waals surface area (Å²) < 4.78 is 26.3. The molecule has 2 aliphatic carbocycles. The van der Waals surface area contributed by atoms with Crippen LogP contribution in [0.15, 0.2) is 22.7 Å². The van der Waals surface area contributed by atoms with Crippen LogP contribution in [0.3, 0.4) is 0 Å². The Kier molecular flexibility index (Phi) is 5.27. The number of benzene rings is 1. The van der Waals surface area contributed by atoms with Crippen molar-refractivity contribution >= 4 is 29.0 Å². The van der Waals surface area contributed by atoms with Crippen LogP contribution in [0.1, 0.15) is 50.9 Å². The van der Waals surface area contributed by atoms with Crippen LogP contribution >= 0.6 is 23.2 Å². The molecule has 150 valence electrons. The van der Waals surface area contributed by atoms with E-state index in [9.17, 15) is 9.18 Å². The molecule has 0 spiro atoms. The number of fused-ring (bicyclic) bond motifs is 2. The van der Waals surface area contributed by atoms with Gasteiger partial charge in [-0.1, -0.05) is 34.4 Å². The molecule has 28 heavy (non-hydrogen) atoms. The van der Waals surface area contributed by atoms with Crippen molar-refractivity contribution < 1.29 is 18.4 Å². The maximum absolute atomic E-state index is 14.8. The van der Waals surface area contributed by atoms with E-state index in [1.54, 1.807) is 18.2 Å². The van der Waals surface area contributed by atoms with E-state index in [-0.39, 0.29) is 30.3 Å². The minimum atomic E-state index is -1.74. The van der Waals surface area contributed by atoms with Crippen LogP contribution in [0, 0.1) is 11.8 Å². The van der Waals surface area contributed by atoms with E-state index in [0.717, 1.165) is 25.7 Å². The first-order valence-electron chi connectivity index (χ1n) is 9.53. The molecule has 2 aliphatic rings. The summed E-state index contributed by atoms with van der Waals surface area (Å²) in [6, 6.07) is 5.14. The molecule has 3 atom stereocenters. The fourth-order valence-electron chi connectivity index (χ4n) is 4.39. The van der Waals surface area contributed by atoms with Gasteiger partial charge < -0.3 is 9.26 Å². The Morgan fingerprint density at radius 2 is 1.82 bits per heavy atom. The van der Waals surface area contributed by atoms with Gasteiger partial charge in [0.25, 0.3) is 0 Å². The third-order valence-electron chi connectivity index (χ3n) is 5.75. The third kappa shape index (κ3) is 3.60. The summed E-state index contributed by atoms with van der Waals surface area (Å²) in [6.07, 6.45) is 3.30. The molecule has 0 saturated heterocycles. The van der Waals surface area contributed by atoms with Crippen LogP contribution in [0.5, 0.6) is 0 Å². The van der Waals surface area contributed by atoms with Gasteiger partial charge in [-0.2, -0.15) is 0 Å². The molecule has 2 bridgehead atoms. The summed E-state index contributed by atoms with van der Waals surface area (Å²) in [7, 11) is 0. The zero-order valence-corrected chi connectivity index (χ0v) is 17.3. The molecule has 7 heteroatoms. The SMILES string of the molecule is CC(C)(F)c1onc(-c2c(Cl)cccc2Cl)c1CO[C@H]1C[C@H]2CC[C@@H](C1)C2=O. The lowest BCUT2D eigenvalue weighted by Gasteiger charge is -2.27. The molecule has 1 aromatic heterocycles. The van der Waals surface area contributed by atoms with E-state index in [1.165, 1.54) is 13.8 Å². The number of aromatic nitrogens is 1. The standard InChI is InChI=1S/C21H22Cl2FNO3/c1-21(2,24)20-14(10-27-13-8-11-6-7-12(9-13)19(11)26)18(25-28-20)17-15(22)4-3-5-16(17)23/h3-5,11-13H,6-10H2,1-2H3/t11-,12+,13+. The van der Waals surface area contributed by atoms with Gasteiger partial charge in [-0.05, 0) is 51.7 Å². The third-order valence-corrected chi connectivity index (χ3v) is 6.38. The monoisotopic (exact) mass is 425 g/mol. The van der Waals surface area contributed by atoms with Crippen LogP contribution < -0.4 is 0 Å². The molecular weight excluding hydrogens is 404 g/mol. The van der Waals surface area contributed by atoms with E-state index >= 15 is 0 Å². The van der Waals surface area contributed by atoms with Gasteiger partial charge in [0, 0.05) is 17.4 Å². The number of hydrogen-bond donors (Lipinski definition) is 0. The van der Waals surface area contributed by atoms with Crippen LogP contribution in [0.4, 0.5) is 4.39 Å². The molecule has 0 N–H and O–H groups in total. The van der Waals surface area contributed by atoms with Crippen LogP contribution in [0.25, 0.3) is 11.3 Å². The van der Waals surface area contributed by atoms with Crippen LogP contribution in [-0.2, 0) is 21.8 Å². The maximum Gasteiger partial charge on any atom is 0.179 e. The normalized spacial score (nSPS) is 24.8. The first-order chi connectivity index (χ1) is 13.3. The van der Waals surface area contributed by atoms with Crippen molar-refractivity contribution in [2.75, 3.05) is 0 Å². The molecule has 4 rings (SSSR count). The molecular formula is C21H22Cl2FNO3. The zero-order valence-electron chi connectivity index (χ0n) is 15.8. The van der Waals surface area contributed by atoms with Gasteiger partial charge in [-0.25, -0.2) is 4.39 Å². The van der Waals surface area contributed by atoms with Gasteiger partial charge in [0.05, 0.1) is 28.3 Å². The number of ether oxygens (including phenoxy) is 1. The summed E-state index contributed by atoms with van der Waals surface area (Å²) in [5.74, 6) is 0.675. The molecule has 2 fully saturated rings. The number of rotatable bonds is 5. The predicted molar refractivity (Wildman–Crippen MR) is 105 cm³/mol. The molecule has 2 aromatic rings. The lowest BCUT2D eigenvalue weighted by Crippen LogP contribution is -2.31. The second-order valence-corrected chi connectivity index (χ2v) is 9.00. The number of carbonyl (C=O) groups is 1. The van der Waals surface area contributed by atoms with Crippen molar-refractivity contribution in [2.24, 2.45) is 11.8 Å². The summed E-state index contributed by atoms with van der Waals surface area (Å²) in [4.78, 5) is 12.1. The number of carbonyl (C=O) groups excluding carboxylic acids is 1. The summed E-state index contributed by atoms with van der Waals surface area (Å²) in [6.45, 7) is 2.95. The van der Waals surface area contributed by atoms with E-state index in [4.69, 9.17) is 32.5 Å². The summed E-state index contributed by atoms with van der Waals surface area (Å²) in [5.41, 5.74) is -0.334. The van der Waals surface area contributed by atoms with E-state index in [2.05, 4.69) is 5.16 Å². The molecule has 0 radical (unpaired) electrons. The van der Waals surface area contributed by atoms with Crippen molar-refractivity contribution in [3.63, 3.8) is 0 Å². The lowest BCUT2D eigenvalue weighted by atomic mass is 9.86. The van der Waals surface area contributed by atoms with Crippen LogP contribution in [0.2, 0.25) is 10.0 Å². The second-order valence-electron chi connectivity index (χ2n) is 8.19. The minimum Gasteiger partial charge on any atom is -0.373 e. The van der Waals surface area contributed by atoms with E-state index < -0.39 is 5.67 Å². The Hall–Kier alpha value is -1.43. The molecule has 1 aromatic carbocycles. The zero-order chi connectivity index (χ0) is 20.1. The minimum absolute atomic E-state index is 0.0322. The average Bonchev–Trinajstić information content (AvgIpc) is 3.10. The molecule has 1 heterocycles. The topological polar surface area (TPSA) is 52.3 Å². The van der Waals surface area contributed by atoms with Crippen molar-refractivity contribution in [1.82, 2.24) is 5.16 Å². The van der Waals surface area contributed by atoms with Crippen LogP contribution in [-0.4, -0.2) is 17.0 Å². The fourth-order valence-corrected chi connectivity index (χ4v) is 4.96. The first-order valence-corrected chi connectivity index (χ1v) is 10.3. The number of nitrogens with zero attached hydrogens (tertiary/aromatic N) is 1. The number of halogens is 3. The molecule has 0 unspecified atom stereocenters. The number of Topliss-reactive ketones (excluding diaryl/α,β-unsaturated/α-hetero) is 1. The van der Waals surface area contributed by atoms with E-state index in [0.29, 0.717) is 32.6 Å². The highest BCUT2D eigenvalue weighted by Gasteiger charge is 2.42. The fraction of sp³-hybridized carbons (Fsp3) is 0.524. The predicted octanol–water partition coefficient (Wildman–Crippen LogP) is 6.13. The quantitative estimate of drug-likeness (QED) is 0.578. The molecule has 0 aliphatic heterocycles. The highest BCUT2D eigenvalue weighted by atomic mass is 35.5. The highest BCUT2D eigenvalue weighted by molar-refractivity contribution is 6.39. The number of hydrogen-bond acceptors (Lipinski definition) is 4. The number of alkyl halides is 1. The summed E-state index contributed by atoms with van der Waals surface area (Å²) >= 11 is 12.7. The number of ketones is 1. The largest absolute Gasteiger partial charge is 0.373 e. The van der Waals surface area contributed by atoms with Crippen molar-refractivity contribution in [3.8, 4) is 11.3 Å². The van der Waals surface area contributed by atoms with Gasteiger partial charge >= 0.3 is 0 Å². The van der Waals surface area contributed by atoms with Gasteiger partial charge in [0.2, 0.25) is 0 Å². The molecule has 0 amide bonds. The van der Waals surface area contributed by atoms with Crippen molar-refractivity contribution in [3.05, 3.63) is 39.6 Å². The Balaban J connectivity index is 1.64. The Bertz CT molecular complexity index is 869. The molecule has 2 saturated carbocycles. The van der Waals surface area contributed by atoms with Gasteiger partial charge in [0.15, 0.2) is 11.4 Å². The highest BCUT2D eigenvalue weighted by Crippen LogP contribution is 2.43.